The molecule has 0 saturated heterocycles. The summed E-state index contributed by atoms with van der Waals surface area (Å²) in [5, 5.41) is 4.76. The van der Waals surface area contributed by atoms with Crippen LogP contribution in [-0.2, 0) is 0 Å². The number of hydrogen-bond acceptors (Lipinski definition) is 0. The summed E-state index contributed by atoms with van der Waals surface area (Å²) in [5.74, 6) is 0. The first-order chi connectivity index (χ1) is 9.84. The molecule has 0 unspecified atom stereocenters. The van der Waals surface area contributed by atoms with Crippen molar-refractivity contribution >= 4 is 35.4 Å². The molecular formula is C18H14ClP. The summed E-state index contributed by atoms with van der Waals surface area (Å²) in [5.41, 5.74) is 0. The van der Waals surface area contributed by atoms with Gasteiger partial charge in [-0.1, -0.05) is 84.4 Å². The van der Waals surface area contributed by atoms with E-state index >= 15 is 0 Å². The van der Waals surface area contributed by atoms with Crippen LogP contribution in [0.1, 0.15) is 0 Å². The van der Waals surface area contributed by atoms with Gasteiger partial charge in [0.25, 0.3) is 0 Å². The van der Waals surface area contributed by atoms with Crippen molar-refractivity contribution in [3.63, 3.8) is 0 Å². The highest BCUT2D eigenvalue weighted by molar-refractivity contribution is 7.79. The van der Waals surface area contributed by atoms with Gasteiger partial charge in [0.2, 0.25) is 0 Å². The maximum Gasteiger partial charge on any atom is 0.0412 e. The molecule has 3 rings (SSSR count). The van der Waals surface area contributed by atoms with Crippen molar-refractivity contribution in [2.75, 3.05) is 0 Å². The van der Waals surface area contributed by atoms with Gasteiger partial charge in [-0.25, -0.2) is 0 Å². The van der Waals surface area contributed by atoms with Crippen LogP contribution in [0.15, 0.2) is 84.9 Å². The van der Waals surface area contributed by atoms with Crippen molar-refractivity contribution in [3.05, 3.63) is 90.0 Å². The summed E-state index contributed by atoms with van der Waals surface area (Å²) in [6.07, 6.45) is 0. The maximum atomic E-state index is 6.17. The number of benzene rings is 3. The minimum atomic E-state index is -0.547. The van der Waals surface area contributed by atoms with Crippen LogP contribution in [0, 0.1) is 0 Å². The van der Waals surface area contributed by atoms with E-state index in [1.807, 2.05) is 12.1 Å². The highest BCUT2D eigenvalue weighted by atomic mass is 35.5. The van der Waals surface area contributed by atoms with Gasteiger partial charge in [-0.3, -0.25) is 0 Å². The van der Waals surface area contributed by atoms with Crippen LogP contribution < -0.4 is 15.9 Å². The minimum absolute atomic E-state index is 0.547. The van der Waals surface area contributed by atoms with Crippen LogP contribution in [-0.4, -0.2) is 0 Å². The smallest absolute Gasteiger partial charge is 0.0412 e. The standard InChI is InChI=1S/C18H14ClP/c19-15-8-7-13-18(14-15)20(16-9-3-1-4-10-16)17-11-5-2-6-12-17/h1-14H. The van der Waals surface area contributed by atoms with E-state index in [2.05, 4.69) is 72.8 Å². The Morgan fingerprint density at radius 3 is 1.55 bits per heavy atom. The average molecular weight is 297 g/mol. The lowest BCUT2D eigenvalue weighted by molar-refractivity contribution is 1.73. The third kappa shape index (κ3) is 2.93. The Labute approximate surface area is 125 Å². The van der Waals surface area contributed by atoms with Crippen LogP contribution >= 0.6 is 19.5 Å². The molecule has 0 nitrogen and oxygen atoms in total. The van der Waals surface area contributed by atoms with Crippen molar-refractivity contribution in [3.8, 4) is 0 Å². The molecule has 0 heterocycles. The molecule has 0 saturated carbocycles. The molecule has 0 N–H and O–H groups in total. The lowest BCUT2D eigenvalue weighted by atomic mass is 10.4. The molecule has 0 spiro atoms. The quantitative estimate of drug-likeness (QED) is 0.638. The first-order valence-corrected chi connectivity index (χ1v) is 8.22. The van der Waals surface area contributed by atoms with Crippen LogP contribution in [0.4, 0.5) is 0 Å². The molecule has 0 aliphatic carbocycles. The third-order valence-corrected chi connectivity index (χ3v) is 5.75. The Morgan fingerprint density at radius 1 is 0.550 bits per heavy atom. The highest BCUT2D eigenvalue weighted by Crippen LogP contribution is 2.33. The monoisotopic (exact) mass is 296 g/mol. The minimum Gasteiger partial charge on any atom is -0.0843 e. The van der Waals surface area contributed by atoms with Gasteiger partial charge in [0.1, 0.15) is 0 Å². The second-order valence-corrected chi connectivity index (χ2v) is 7.14. The lowest BCUT2D eigenvalue weighted by Gasteiger charge is -2.19. The Morgan fingerprint density at radius 2 is 1.05 bits per heavy atom. The molecule has 20 heavy (non-hydrogen) atoms. The van der Waals surface area contributed by atoms with Gasteiger partial charge in [-0.2, -0.15) is 0 Å². The number of halogens is 1. The molecule has 0 atom stereocenters. The largest absolute Gasteiger partial charge is 0.0843 e. The summed E-state index contributed by atoms with van der Waals surface area (Å²) >= 11 is 6.17. The van der Waals surface area contributed by atoms with Crippen LogP contribution in [0.2, 0.25) is 5.02 Å². The molecule has 0 aromatic heterocycles. The van der Waals surface area contributed by atoms with Crippen molar-refractivity contribution in [1.29, 1.82) is 0 Å². The first-order valence-electron chi connectivity index (χ1n) is 6.50. The van der Waals surface area contributed by atoms with Crippen molar-refractivity contribution < 1.29 is 0 Å². The Bertz CT molecular complexity index is 641. The zero-order valence-corrected chi connectivity index (χ0v) is 12.6. The molecule has 0 bridgehead atoms. The van der Waals surface area contributed by atoms with Gasteiger partial charge in [0.15, 0.2) is 0 Å². The van der Waals surface area contributed by atoms with E-state index < -0.39 is 7.92 Å². The zero-order valence-electron chi connectivity index (χ0n) is 10.9. The Balaban J connectivity index is 2.14. The molecule has 0 aliphatic rings. The van der Waals surface area contributed by atoms with Gasteiger partial charge in [-0.05, 0) is 36.0 Å². The third-order valence-electron chi connectivity index (χ3n) is 3.10. The fraction of sp³-hybridized carbons (Fsp3) is 0. The van der Waals surface area contributed by atoms with E-state index in [-0.39, 0.29) is 0 Å². The van der Waals surface area contributed by atoms with E-state index in [4.69, 9.17) is 11.6 Å². The molecule has 3 aromatic rings. The second-order valence-electron chi connectivity index (χ2n) is 4.49. The molecule has 3 aromatic carbocycles. The van der Waals surface area contributed by atoms with Crippen molar-refractivity contribution in [2.24, 2.45) is 0 Å². The summed E-state index contributed by atoms with van der Waals surface area (Å²) in [6, 6.07) is 29.5. The van der Waals surface area contributed by atoms with Crippen LogP contribution in [0.3, 0.4) is 0 Å². The molecular weight excluding hydrogens is 283 g/mol. The predicted octanol–water partition coefficient (Wildman–Crippen LogP) is 4.10. The van der Waals surface area contributed by atoms with Crippen molar-refractivity contribution in [1.82, 2.24) is 0 Å². The van der Waals surface area contributed by atoms with Gasteiger partial charge < -0.3 is 0 Å². The van der Waals surface area contributed by atoms with Crippen LogP contribution in [0.25, 0.3) is 0 Å². The summed E-state index contributed by atoms with van der Waals surface area (Å²) < 4.78 is 0. The SMILES string of the molecule is Clc1cccc(P(c2ccccc2)c2ccccc2)c1. The highest BCUT2D eigenvalue weighted by Gasteiger charge is 2.15. The second kappa shape index (κ2) is 6.22. The molecule has 0 radical (unpaired) electrons. The Kier molecular flexibility index (Phi) is 4.16. The van der Waals surface area contributed by atoms with E-state index in [1.165, 1.54) is 15.9 Å². The molecule has 98 valence electrons. The van der Waals surface area contributed by atoms with Gasteiger partial charge in [0.05, 0.1) is 0 Å². The molecule has 0 aliphatic heterocycles. The van der Waals surface area contributed by atoms with Crippen molar-refractivity contribution in [2.45, 2.75) is 0 Å². The predicted molar refractivity (Wildman–Crippen MR) is 90.2 cm³/mol. The summed E-state index contributed by atoms with van der Waals surface area (Å²) in [4.78, 5) is 0. The summed E-state index contributed by atoms with van der Waals surface area (Å²) in [6.45, 7) is 0. The lowest BCUT2D eigenvalue weighted by Crippen LogP contribution is -2.20. The average Bonchev–Trinajstić information content (AvgIpc) is 2.50. The van der Waals surface area contributed by atoms with E-state index in [0.717, 1.165) is 5.02 Å². The van der Waals surface area contributed by atoms with E-state index in [1.54, 1.807) is 0 Å². The molecule has 0 amide bonds. The van der Waals surface area contributed by atoms with Gasteiger partial charge >= 0.3 is 0 Å². The first kappa shape index (κ1) is 13.4. The van der Waals surface area contributed by atoms with Crippen LogP contribution in [0.5, 0.6) is 0 Å². The Hall–Kier alpha value is -1.62. The van der Waals surface area contributed by atoms with Gasteiger partial charge in [0, 0.05) is 5.02 Å². The molecule has 2 heteroatoms. The topological polar surface area (TPSA) is 0 Å². The zero-order chi connectivity index (χ0) is 13.8. The molecule has 0 fully saturated rings. The normalized spacial score (nSPS) is 10.7. The number of hydrogen-bond donors (Lipinski definition) is 0. The maximum absolute atomic E-state index is 6.17. The van der Waals surface area contributed by atoms with Gasteiger partial charge in [-0.15, -0.1) is 0 Å². The fourth-order valence-corrected chi connectivity index (χ4v) is 4.82. The van der Waals surface area contributed by atoms with E-state index in [0.29, 0.717) is 0 Å². The summed E-state index contributed by atoms with van der Waals surface area (Å²) in [7, 11) is -0.547. The fourth-order valence-electron chi connectivity index (χ4n) is 2.22. The number of rotatable bonds is 3. The van der Waals surface area contributed by atoms with E-state index in [9.17, 15) is 0 Å².